The lowest BCUT2D eigenvalue weighted by atomic mass is 10.4. The summed E-state index contributed by atoms with van der Waals surface area (Å²) in [4.78, 5) is 4.19. The second-order valence-electron chi connectivity index (χ2n) is 2.83. The van der Waals surface area contributed by atoms with Gasteiger partial charge in [-0.1, -0.05) is 21.1 Å². The van der Waals surface area contributed by atoms with E-state index in [-0.39, 0.29) is 0 Å². The van der Waals surface area contributed by atoms with E-state index in [1.807, 2.05) is 21.8 Å². The highest BCUT2D eigenvalue weighted by molar-refractivity contribution is 9.09. The normalized spacial score (nSPS) is 10.6. The van der Waals surface area contributed by atoms with Gasteiger partial charge in [0, 0.05) is 23.3 Å². The fraction of sp³-hybridized carbons (Fsp3) is 0.375. The molecule has 0 amide bonds. The number of hydrogen-bond acceptors (Lipinski definition) is 4. The topological polar surface area (TPSA) is 43.6 Å². The third kappa shape index (κ3) is 2.39. The number of hydrogen-bond donors (Lipinski definition) is 0. The fourth-order valence-corrected chi connectivity index (χ4v) is 2.06. The highest BCUT2D eigenvalue weighted by Gasteiger charge is 2.01. The van der Waals surface area contributed by atoms with E-state index < -0.39 is 0 Å². The summed E-state index contributed by atoms with van der Waals surface area (Å²) in [6, 6.07) is 0. The van der Waals surface area contributed by atoms with Crippen molar-refractivity contribution in [2.45, 2.75) is 13.0 Å². The Morgan fingerprint density at radius 1 is 1.43 bits per heavy atom. The number of nitrogens with zero attached hydrogens (tertiary/aromatic N) is 4. The van der Waals surface area contributed by atoms with Gasteiger partial charge in [-0.05, 0) is 0 Å². The molecular formula is C8H9BrN4S. The summed E-state index contributed by atoms with van der Waals surface area (Å²) in [5.41, 5.74) is 3.87. The van der Waals surface area contributed by atoms with E-state index in [0.717, 1.165) is 23.1 Å². The Morgan fingerprint density at radius 2 is 2.36 bits per heavy atom. The molecule has 2 aromatic rings. The smallest absolute Gasteiger partial charge is 0.0857 e. The quantitative estimate of drug-likeness (QED) is 0.797. The standard InChI is InChI=1S/C8H9BrN4S/c9-2-1-7-3-13(12-11-7)4-8-5-14-6-10-8/h3,5-6H,1-2,4H2. The van der Waals surface area contributed by atoms with Crippen LogP contribution in [0.5, 0.6) is 0 Å². The molecule has 0 aliphatic rings. The van der Waals surface area contributed by atoms with Crippen LogP contribution in [-0.2, 0) is 13.0 Å². The van der Waals surface area contributed by atoms with Crippen LogP contribution in [0.2, 0.25) is 0 Å². The van der Waals surface area contributed by atoms with Gasteiger partial charge >= 0.3 is 0 Å². The van der Waals surface area contributed by atoms with Crippen molar-refractivity contribution in [3.05, 3.63) is 28.5 Å². The maximum atomic E-state index is 4.19. The van der Waals surface area contributed by atoms with Crippen molar-refractivity contribution in [3.8, 4) is 0 Å². The third-order valence-electron chi connectivity index (χ3n) is 1.74. The lowest BCUT2D eigenvalue weighted by molar-refractivity contribution is 0.640. The summed E-state index contributed by atoms with van der Waals surface area (Å²) in [5, 5.41) is 11.0. The summed E-state index contributed by atoms with van der Waals surface area (Å²) in [6.07, 6.45) is 2.87. The number of rotatable bonds is 4. The lowest BCUT2D eigenvalue weighted by Crippen LogP contribution is -2.00. The van der Waals surface area contributed by atoms with Crippen molar-refractivity contribution in [1.82, 2.24) is 20.0 Å². The molecular weight excluding hydrogens is 264 g/mol. The van der Waals surface area contributed by atoms with Crippen LogP contribution in [0.15, 0.2) is 17.1 Å². The molecule has 74 valence electrons. The lowest BCUT2D eigenvalue weighted by Gasteiger charge is -1.93. The Labute approximate surface area is 94.1 Å². The SMILES string of the molecule is BrCCc1cn(Cc2cscn2)nn1. The van der Waals surface area contributed by atoms with E-state index in [2.05, 4.69) is 31.2 Å². The van der Waals surface area contributed by atoms with Crippen molar-refractivity contribution in [1.29, 1.82) is 0 Å². The second kappa shape index (κ2) is 4.65. The Bertz CT molecular complexity index is 384. The van der Waals surface area contributed by atoms with Crippen LogP contribution in [-0.4, -0.2) is 25.3 Å². The Kier molecular flexibility index (Phi) is 3.26. The number of alkyl halides is 1. The van der Waals surface area contributed by atoms with Crippen LogP contribution in [0, 0.1) is 0 Å². The minimum atomic E-state index is 0.707. The molecule has 0 fully saturated rings. The molecule has 6 heteroatoms. The molecule has 14 heavy (non-hydrogen) atoms. The van der Waals surface area contributed by atoms with Gasteiger partial charge in [-0.2, -0.15) is 0 Å². The van der Waals surface area contributed by atoms with Crippen LogP contribution in [0.1, 0.15) is 11.4 Å². The van der Waals surface area contributed by atoms with E-state index in [1.165, 1.54) is 0 Å². The summed E-state index contributed by atoms with van der Waals surface area (Å²) in [7, 11) is 0. The second-order valence-corrected chi connectivity index (χ2v) is 4.34. The monoisotopic (exact) mass is 272 g/mol. The molecule has 0 spiro atoms. The Morgan fingerprint density at radius 3 is 3.07 bits per heavy atom. The Hall–Kier alpha value is -0.750. The molecule has 4 nitrogen and oxygen atoms in total. The fourth-order valence-electron chi connectivity index (χ4n) is 1.11. The summed E-state index contributed by atoms with van der Waals surface area (Å²) >= 11 is 4.96. The molecule has 2 rings (SSSR count). The van der Waals surface area contributed by atoms with E-state index in [1.54, 1.807) is 11.3 Å². The number of halogens is 1. The first-order valence-corrected chi connectivity index (χ1v) is 6.27. The minimum absolute atomic E-state index is 0.707. The number of aryl methyl sites for hydroxylation is 1. The van der Waals surface area contributed by atoms with Gasteiger partial charge in [0.1, 0.15) is 0 Å². The van der Waals surface area contributed by atoms with Gasteiger partial charge in [0.05, 0.1) is 23.4 Å². The molecule has 2 heterocycles. The first kappa shape index (κ1) is 9.79. The summed E-state index contributed by atoms with van der Waals surface area (Å²) < 4.78 is 1.81. The van der Waals surface area contributed by atoms with Gasteiger partial charge in [-0.15, -0.1) is 16.4 Å². The van der Waals surface area contributed by atoms with Gasteiger partial charge < -0.3 is 0 Å². The third-order valence-corrected chi connectivity index (χ3v) is 2.78. The molecule has 2 aromatic heterocycles. The molecule has 0 unspecified atom stereocenters. The van der Waals surface area contributed by atoms with Crippen molar-refractivity contribution >= 4 is 27.3 Å². The number of aromatic nitrogens is 4. The maximum Gasteiger partial charge on any atom is 0.0857 e. The largest absolute Gasteiger partial charge is 0.248 e. The van der Waals surface area contributed by atoms with Crippen LogP contribution < -0.4 is 0 Å². The Balaban J connectivity index is 2.03. The van der Waals surface area contributed by atoms with E-state index in [9.17, 15) is 0 Å². The number of thiazole rings is 1. The zero-order chi connectivity index (χ0) is 9.80. The highest BCUT2D eigenvalue weighted by atomic mass is 79.9. The first-order valence-electron chi connectivity index (χ1n) is 4.20. The van der Waals surface area contributed by atoms with E-state index >= 15 is 0 Å². The van der Waals surface area contributed by atoms with Crippen LogP contribution in [0.4, 0.5) is 0 Å². The average Bonchev–Trinajstić information content (AvgIpc) is 2.79. The van der Waals surface area contributed by atoms with Crippen LogP contribution >= 0.6 is 27.3 Å². The van der Waals surface area contributed by atoms with Gasteiger partial charge in [0.15, 0.2) is 0 Å². The summed E-state index contributed by atoms with van der Waals surface area (Å²) in [6.45, 7) is 0.707. The van der Waals surface area contributed by atoms with Gasteiger partial charge in [-0.25, -0.2) is 9.67 Å². The maximum absolute atomic E-state index is 4.19. The van der Waals surface area contributed by atoms with Gasteiger partial charge in [0.25, 0.3) is 0 Å². The molecule has 0 aliphatic carbocycles. The first-order chi connectivity index (χ1) is 6.88. The van der Waals surface area contributed by atoms with Crippen molar-refractivity contribution in [2.24, 2.45) is 0 Å². The molecule has 0 atom stereocenters. The zero-order valence-electron chi connectivity index (χ0n) is 7.43. The van der Waals surface area contributed by atoms with E-state index in [4.69, 9.17) is 0 Å². The molecule has 0 aliphatic heterocycles. The zero-order valence-corrected chi connectivity index (χ0v) is 9.83. The molecule has 0 N–H and O–H groups in total. The van der Waals surface area contributed by atoms with Crippen LogP contribution in [0.25, 0.3) is 0 Å². The summed E-state index contributed by atoms with van der Waals surface area (Å²) in [5.74, 6) is 0. The van der Waals surface area contributed by atoms with Gasteiger partial charge in [0.2, 0.25) is 0 Å². The minimum Gasteiger partial charge on any atom is -0.248 e. The van der Waals surface area contributed by atoms with Crippen molar-refractivity contribution in [2.75, 3.05) is 5.33 Å². The van der Waals surface area contributed by atoms with Crippen molar-refractivity contribution < 1.29 is 0 Å². The molecule has 0 bridgehead atoms. The molecule has 0 radical (unpaired) electrons. The predicted molar refractivity (Wildman–Crippen MR) is 58.7 cm³/mol. The van der Waals surface area contributed by atoms with Crippen molar-refractivity contribution in [3.63, 3.8) is 0 Å². The van der Waals surface area contributed by atoms with E-state index in [0.29, 0.717) is 6.54 Å². The average molecular weight is 273 g/mol. The molecule has 0 saturated carbocycles. The molecule has 0 saturated heterocycles. The highest BCUT2D eigenvalue weighted by Crippen LogP contribution is 2.04. The van der Waals surface area contributed by atoms with Gasteiger partial charge in [-0.3, -0.25) is 0 Å². The predicted octanol–water partition coefficient (Wildman–Crippen LogP) is 1.72. The molecule has 0 aromatic carbocycles. The van der Waals surface area contributed by atoms with Crippen LogP contribution in [0.3, 0.4) is 0 Å².